The van der Waals surface area contributed by atoms with E-state index in [-0.39, 0.29) is 11.7 Å². The molecule has 0 radical (unpaired) electrons. The lowest BCUT2D eigenvalue weighted by atomic mass is 10.1. The fourth-order valence-corrected chi connectivity index (χ4v) is 2.44. The topological polar surface area (TPSA) is 79.0 Å². The van der Waals surface area contributed by atoms with Crippen LogP contribution in [0.4, 0.5) is 11.4 Å². The molecule has 1 aromatic rings. The Morgan fingerprint density at radius 1 is 1.50 bits per heavy atom. The standard InChI is InChI=1S/C13H15N3O2/c1-9-3-2-4-11(9)15-12-7-10(8-14)5-6-13(12)16(17)18/h5-7,9,11,15H,2-4H2,1H3. The number of anilines is 1. The van der Waals surface area contributed by atoms with Gasteiger partial charge in [0.05, 0.1) is 16.6 Å². The summed E-state index contributed by atoms with van der Waals surface area (Å²) in [4.78, 5) is 10.5. The molecule has 2 atom stereocenters. The van der Waals surface area contributed by atoms with Gasteiger partial charge in [0.25, 0.3) is 5.69 Å². The van der Waals surface area contributed by atoms with Crippen molar-refractivity contribution >= 4 is 11.4 Å². The number of hydrogen-bond acceptors (Lipinski definition) is 4. The van der Waals surface area contributed by atoms with E-state index in [9.17, 15) is 10.1 Å². The molecule has 2 unspecified atom stereocenters. The Balaban J connectivity index is 2.29. The number of nitrogens with zero attached hydrogens (tertiary/aromatic N) is 2. The summed E-state index contributed by atoms with van der Waals surface area (Å²) in [5.74, 6) is 0.510. The van der Waals surface area contributed by atoms with Crippen LogP contribution in [0.2, 0.25) is 0 Å². The van der Waals surface area contributed by atoms with E-state index < -0.39 is 4.92 Å². The molecule has 0 saturated heterocycles. The number of benzene rings is 1. The quantitative estimate of drug-likeness (QED) is 0.655. The lowest BCUT2D eigenvalue weighted by Crippen LogP contribution is -2.22. The first-order valence-corrected chi connectivity index (χ1v) is 6.07. The summed E-state index contributed by atoms with van der Waals surface area (Å²) in [6.45, 7) is 2.14. The van der Waals surface area contributed by atoms with Crippen LogP contribution in [0.5, 0.6) is 0 Å². The minimum Gasteiger partial charge on any atom is -0.376 e. The van der Waals surface area contributed by atoms with Gasteiger partial charge in [-0.05, 0) is 30.9 Å². The first-order valence-electron chi connectivity index (χ1n) is 6.07. The van der Waals surface area contributed by atoms with Gasteiger partial charge in [-0.3, -0.25) is 10.1 Å². The van der Waals surface area contributed by atoms with E-state index in [2.05, 4.69) is 12.2 Å². The summed E-state index contributed by atoms with van der Waals surface area (Å²) in [6, 6.07) is 6.69. The molecule has 0 amide bonds. The van der Waals surface area contributed by atoms with Crippen LogP contribution in [0, 0.1) is 27.4 Å². The zero-order chi connectivity index (χ0) is 13.1. The van der Waals surface area contributed by atoms with Crippen molar-refractivity contribution in [3.63, 3.8) is 0 Å². The molecule has 1 fully saturated rings. The van der Waals surface area contributed by atoms with Crippen LogP contribution in [-0.2, 0) is 0 Å². The molecule has 0 spiro atoms. The zero-order valence-electron chi connectivity index (χ0n) is 10.2. The second kappa shape index (κ2) is 5.05. The van der Waals surface area contributed by atoms with E-state index in [0.717, 1.165) is 19.3 Å². The maximum Gasteiger partial charge on any atom is 0.292 e. The van der Waals surface area contributed by atoms with E-state index in [4.69, 9.17) is 5.26 Å². The maximum absolute atomic E-state index is 11.0. The molecular formula is C13H15N3O2. The van der Waals surface area contributed by atoms with Crippen molar-refractivity contribution in [3.05, 3.63) is 33.9 Å². The summed E-state index contributed by atoms with van der Waals surface area (Å²) < 4.78 is 0. The molecule has 0 bridgehead atoms. The highest BCUT2D eigenvalue weighted by Crippen LogP contribution is 2.32. The summed E-state index contributed by atoms with van der Waals surface area (Å²) in [6.07, 6.45) is 3.31. The van der Waals surface area contributed by atoms with Crippen LogP contribution < -0.4 is 5.32 Å². The van der Waals surface area contributed by atoms with Gasteiger partial charge in [-0.25, -0.2) is 0 Å². The van der Waals surface area contributed by atoms with Crippen molar-refractivity contribution in [3.8, 4) is 6.07 Å². The van der Waals surface area contributed by atoms with Crippen molar-refractivity contribution in [1.82, 2.24) is 0 Å². The molecule has 1 aliphatic rings. The molecule has 5 heteroatoms. The molecule has 1 saturated carbocycles. The minimum absolute atomic E-state index is 0.0353. The van der Waals surface area contributed by atoms with Crippen LogP contribution in [0.3, 0.4) is 0 Å². The first-order chi connectivity index (χ1) is 8.61. The molecule has 2 rings (SSSR count). The summed E-state index contributed by atoms with van der Waals surface area (Å²) >= 11 is 0. The second-order valence-corrected chi connectivity index (χ2v) is 4.76. The first kappa shape index (κ1) is 12.4. The third kappa shape index (κ3) is 2.43. The maximum atomic E-state index is 11.0. The Labute approximate surface area is 106 Å². The van der Waals surface area contributed by atoms with E-state index in [1.807, 2.05) is 6.07 Å². The van der Waals surface area contributed by atoms with E-state index in [1.165, 1.54) is 12.1 Å². The smallest absolute Gasteiger partial charge is 0.292 e. The number of hydrogen-bond donors (Lipinski definition) is 1. The number of nitrogens with one attached hydrogen (secondary N) is 1. The molecule has 94 valence electrons. The summed E-state index contributed by atoms with van der Waals surface area (Å²) in [5.41, 5.74) is 0.930. The fourth-order valence-electron chi connectivity index (χ4n) is 2.44. The SMILES string of the molecule is CC1CCCC1Nc1cc(C#N)ccc1[N+](=O)[O-]. The second-order valence-electron chi connectivity index (χ2n) is 4.76. The van der Waals surface area contributed by atoms with Crippen molar-refractivity contribution in [2.75, 3.05) is 5.32 Å². The van der Waals surface area contributed by atoms with Gasteiger partial charge in [0.1, 0.15) is 5.69 Å². The van der Waals surface area contributed by atoms with Gasteiger partial charge in [0, 0.05) is 12.1 Å². The van der Waals surface area contributed by atoms with Gasteiger partial charge in [-0.2, -0.15) is 5.26 Å². The molecule has 1 aromatic carbocycles. The third-order valence-corrected chi connectivity index (χ3v) is 3.52. The predicted octanol–water partition coefficient (Wildman–Crippen LogP) is 3.07. The molecule has 18 heavy (non-hydrogen) atoms. The molecular weight excluding hydrogens is 230 g/mol. The molecule has 0 aliphatic heterocycles. The predicted molar refractivity (Wildman–Crippen MR) is 68.2 cm³/mol. The van der Waals surface area contributed by atoms with E-state index in [0.29, 0.717) is 17.2 Å². The van der Waals surface area contributed by atoms with Crippen molar-refractivity contribution in [1.29, 1.82) is 5.26 Å². The highest BCUT2D eigenvalue weighted by atomic mass is 16.6. The lowest BCUT2D eigenvalue weighted by molar-refractivity contribution is -0.384. The van der Waals surface area contributed by atoms with Crippen LogP contribution >= 0.6 is 0 Å². The lowest BCUT2D eigenvalue weighted by Gasteiger charge is -2.18. The van der Waals surface area contributed by atoms with Gasteiger partial charge >= 0.3 is 0 Å². The molecule has 0 aromatic heterocycles. The Morgan fingerprint density at radius 2 is 2.28 bits per heavy atom. The van der Waals surface area contributed by atoms with E-state index in [1.54, 1.807) is 6.07 Å². The largest absolute Gasteiger partial charge is 0.376 e. The summed E-state index contributed by atoms with van der Waals surface area (Å²) in [5, 5.41) is 23.0. The Morgan fingerprint density at radius 3 is 2.83 bits per heavy atom. The number of nitro benzene ring substituents is 1. The number of nitriles is 1. The molecule has 1 aliphatic carbocycles. The van der Waals surface area contributed by atoms with Crippen LogP contribution in [0.1, 0.15) is 31.7 Å². The van der Waals surface area contributed by atoms with Crippen LogP contribution in [0.25, 0.3) is 0 Å². The van der Waals surface area contributed by atoms with E-state index >= 15 is 0 Å². The molecule has 5 nitrogen and oxygen atoms in total. The molecule has 0 heterocycles. The number of rotatable bonds is 3. The van der Waals surface area contributed by atoms with Gasteiger partial charge in [-0.15, -0.1) is 0 Å². The van der Waals surface area contributed by atoms with Crippen molar-refractivity contribution in [2.24, 2.45) is 5.92 Å². The Hall–Kier alpha value is -2.09. The highest BCUT2D eigenvalue weighted by molar-refractivity contribution is 5.64. The number of nitro groups is 1. The van der Waals surface area contributed by atoms with Gasteiger partial charge in [-0.1, -0.05) is 13.3 Å². The fraction of sp³-hybridized carbons (Fsp3) is 0.462. The van der Waals surface area contributed by atoms with Gasteiger partial charge in [0.2, 0.25) is 0 Å². The van der Waals surface area contributed by atoms with Crippen molar-refractivity contribution in [2.45, 2.75) is 32.2 Å². The third-order valence-electron chi connectivity index (χ3n) is 3.52. The highest BCUT2D eigenvalue weighted by Gasteiger charge is 2.25. The minimum atomic E-state index is -0.414. The summed E-state index contributed by atoms with van der Waals surface area (Å²) in [7, 11) is 0. The normalized spacial score (nSPS) is 22.4. The monoisotopic (exact) mass is 245 g/mol. The zero-order valence-corrected chi connectivity index (χ0v) is 10.2. The average Bonchev–Trinajstić information content (AvgIpc) is 2.74. The average molecular weight is 245 g/mol. The Kier molecular flexibility index (Phi) is 3.47. The van der Waals surface area contributed by atoms with Crippen LogP contribution in [-0.4, -0.2) is 11.0 Å². The van der Waals surface area contributed by atoms with Gasteiger partial charge in [0.15, 0.2) is 0 Å². The molecule has 1 N–H and O–H groups in total. The van der Waals surface area contributed by atoms with Gasteiger partial charge < -0.3 is 5.32 Å². The van der Waals surface area contributed by atoms with Crippen LogP contribution in [0.15, 0.2) is 18.2 Å². The Bertz CT molecular complexity index is 507. The van der Waals surface area contributed by atoms with Crippen molar-refractivity contribution < 1.29 is 4.92 Å².